The van der Waals surface area contributed by atoms with Crippen LogP contribution in [0, 0.1) is 5.92 Å². The van der Waals surface area contributed by atoms with Gasteiger partial charge in [0.2, 0.25) is 0 Å². The second kappa shape index (κ2) is 8.67. The molecule has 0 atom stereocenters. The molecule has 5 rings (SSSR count). The first kappa shape index (κ1) is 20.0. The highest BCUT2D eigenvalue weighted by atomic mass is 16.5. The Bertz CT molecular complexity index is 1100. The van der Waals surface area contributed by atoms with E-state index in [0.717, 1.165) is 72.1 Å². The Morgan fingerprint density at radius 3 is 2.58 bits per heavy atom. The predicted molar refractivity (Wildman–Crippen MR) is 126 cm³/mol. The number of pyridine rings is 1. The molecule has 2 N–H and O–H groups in total. The van der Waals surface area contributed by atoms with Gasteiger partial charge in [-0.15, -0.1) is 0 Å². The monoisotopic (exact) mass is 415 g/mol. The highest BCUT2D eigenvalue weighted by molar-refractivity contribution is 6.04. The van der Waals surface area contributed by atoms with Crippen LogP contribution < -0.4 is 10.6 Å². The molecule has 1 aromatic heterocycles. The van der Waals surface area contributed by atoms with Crippen molar-refractivity contribution in [3.8, 4) is 11.1 Å². The highest BCUT2D eigenvalue weighted by Gasteiger charge is 2.24. The van der Waals surface area contributed by atoms with Crippen LogP contribution in [0.4, 0.5) is 11.5 Å². The van der Waals surface area contributed by atoms with E-state index in [0.29, 0.717) is 24.8 Å². The quantitative estimate of drug-likeness (QED) is 0.602. The fraction of sp³-hybridized carbons (Fsp3) is 0.385. The van der Waals surface area contributed by atoms with Crippen LogP contribution in [0.15, 0.2) is 48.5 Å². The number of aromatic nitrogens is 1. The summed E-state index contributed by atoms with van der Waals surface area (Å²) in [6, 6.07) is 16.3. The number of morpholine rings is 1. The van der Waals surface area contributed by atoms with Gasteiger partial charge in [0.25, 0.3) is 0 Å². The summed E-state index contributed by atoms with van der Waals surface area (Å²) < 4.78 is 5.48. The van der Waals surface area contributed by atoms with Crippen LogP contribution in [-0.2, 0) is 4.74 Å². The number of nitrogens with zero attached hydrogens (tertiary/aromatic N) is 2. The Hall–Kier alpha value is -2.92. The van der Waals surface area contributed by atoms with Gasteiger partial charge in [-0.3, -0.25) is 4.79 Å². The molecule has 0 spiro atoms. The van der Waals surface area contributed by atoms with E-state index >= 15 is 0 Å². The van der Waals surface area contributed by atoms with Crippen molar-refractivity contribution in [2.45, 2.75) is 32.1 Å². The minimum atomic E-state index is 0.157. The predicted octanol–water partition coefficient (Wildman–Crippen LogP) is 5.08. The number of carbonyl (C=O) groups is 1. The molecule has 0 bridgehead atoms. The fourth-order valence-electron chi connectivity index (χ4n) is 4.94. The molecule has 1 saturated carbocycles. The molecule has 160 valence electrons. The summed E-state index contributed by atoms with van der Waals surface area (Å²) in [5.41, 5.74) is 11.0. The van der Waals surface area contributed by atoms with E-state index < -0.39 is 0 Å². The number of fused-ring (bicyclic) bond motifs is 1. The summed E-state index contributed by atoms with van der Waals surface area (Å²) >= 11 is 0. The van der Waals surface area contributed by atoms with E-state index in [4.69, 9.17) is 10.5 Å². The maximum absolute atomic E-state index is 13.3. The van der Waals surface area contributed by atoms with E-state index in [1.807, 2.05) is 24.3 Å². The number of hydrogen-bond acceptors (Lipinski definition) is 5. The summed E-state index contributed by atoms with van der Waals surface area (Å²) in [5, 5.41) is 1.04. The summed E-state index contributed by atoms with van der Waals surface area (Å²) in [5.74, 6) is 1.000. The topological polar surface area (TPSA) is 68.5 Å². The van der Waals surface area contributed by atoms with Crippen LogP contribution in [0.3, 0.4) is 0 Å². The van der Waals surface area contributed by atoms with Crippen molar-refractivity contribution in [3.05, 3.63) is 54.1 Å². The Morgan fingerprint density at radius 2 is 1.77 bits per heavy atom. The molecule has 0 amide bonds. The number of nitrogen functional groups attached to an aromatic ring is 1. The maximum atomic E-state index is 13.3. The summed E-state index contributed by atoms with van der Waals surface area (Å²) in [7, 11) is 0. The highest BCUT2D eigenvalue weighted by Crippen LogP contribution is 2.34. The molecule has 5 heteroatoms. The van der Waals surface area contributed by atoms with Gasteiger partial charge in [-0.05, 0) is 42.2 Å². The molecule has 2 heterocycles. The molecule has 2 aliphatic rings. The molecule has 2 fully saturated rings. The van der Waals surface area contributed by atoms with Crippen molar-refractivity contribution in [2.24, 2.45) is 5.92 Å². The van der Waals surface area contributed by atoms with Crippen molar-refractivity contribution in [1.29, 1.82) is 0 Å². The van der Waals surface area contributed by atoms with Gasteiger partial charge in [0.1, 0.15) is 5.82 Å². The third-order valence-electron chi connectivity index (χ3n) is 6.65. The first-order chi connectivity index (χ1) is 15.2. The Kier molecular flexibility index (Phi) is 5.60. The number of rotatable bonds is 4. The molecular weight excluding hydrogens is 386 g/mol. The Balaban J connectivity index is 1.53. The van der Waals surface area contributed by atoms with Gasteiger partial charge in [-0.2, -0.15) is 0 Å². The molecule has 0 unspecified atom stereocenters. The normalized spacial score (nSPS) is 17.7. The lowest BCUT2D eigenvalue weighted by atomic mass is 9.82. The first-order valence-electron chi connectivity index (χ1n) is 11.4. The van der Waals surface area contributed by atoms with E-state index in [9.17, 15) is 4.79 Å². The van der Waals surface area contributed by atoms with E-state index in [1.165, 1.54) is 6.42 Å². The van der Waals surface area contributed by atoms with Gasteiger partial charge in [-0.25, -0.2) is 4.98 Å². The number of hydrogen-bond donors (Lipinski definition) is 1. The van der Waals surface area contributed by atoms with Crippen LogP contribution in [0.5, 0.6) is 0 Å². The second-order valence-corrected chi connectivity index (χ2v) is 8.64. The molecule has 2 aromatic carbocycles. The van der Waals surface area contributed by atoms with Gasteiger partial charge >= 0.3 is 0 Å². The van der Waals surface area contributed by atoms with Gasteiger partial charge in [0.15, 0.2) is 5.78 Å². The van der Waals surface area contributed by atoms with E-state index in [1.54, 1.807) is 0 Å². The number of benzene rings is 2. The first-order valence-corrected chi connectivity index (χ1v) is 11.4. The molecular formula is C26H29N3O2. The van der Waals surface area contributed by atoms with Gasteiger partial charge in [0, 0.05) is 30.0 Å². The Labute approximate surface area is 183 Å². The average molecular weight is 416 g/mol. The van der Waals surface area contributed by atoms with Crippen LogP contribution >= 0.6 is 0 Å². The maximum Gasteiger partial charge on any atom is 0.166 e. The van der Waals surface area contributed by atoms with Crippen molar-refractivity contribution < 1.29 is 9.53 Å². The zero-order valence-corrected chi connectivity index (χ0v) is 17.8. The van der Waals surface area contributed by atoms with Crippen molar-refractivity contribution in [2.75, 3.05) is 36.9 Å². The standard InChI is InChI=1S/C26H29N3O2/c27-26-24(29-12-14-31-15-13-29)17-20-16-19(10-11-23(20)28-26)21-8-4-5-9-22(21)25(30)18-6-2-1-3-7-18/h4-5,8-11,16-18H,1-3,6-7,12-15H2,(H2,27,28). The molecule has 0 radical (unpaired) electrons. The minimum absolute atomic E-state index is 0.157. The number of anilines is 2. The number of nitrogens with two attached hydrogens (primary N) is 1. The smallest absolute Gasteiger partial charge is 0.166 e. The lowest BCUT2D eigenvalue weighted by molar-refractivity contribution is 0.0890. The summed E-state index contributed by atoms with van der Waals surface area (Å²) in [6.07, 6.45) is 5.59. The van der Waals surface area contributed by atoms with Crippen molar-refractivity contribution in [3.63, 3.8) is 0 Å². The summed E-state index contributed by atoms with van der Waals surface area (Å²) in [4.78, 5) is 20.2. The average Bonchev–Trinajstić information content (AvgIpc) is 2.84. The zero-order valence-electron chi connectivity index (χ0n) is 17.8. The van der Waals surface area contributed by atoms with Crippen LogP contribution in [0.25, 0.3) is 22.0 Å². The van der Waals surface area contributed by atoms with Crippen molar-refractivity contribution >= 4 is 28.2 Å². The lowest BCUT2D eigenvalue weighted by Crippen LogP contribution is -2.36. The molecule has 1 saturated heterocycles. The molecule has 5 nitrogen and oxygen atoms in total. The van der Waals surface area contributed by atoms with Gasteiger partial charge in [-0.1, -0.05) is 49.6 Å². The second-order valence-electron chi connectivity index (χ2n) is 8.64. The molecule has 1 aliphatic carbocycles. The number of carbonyl (C=O) groups excluding carboxylic acids is 1. The number of Topliss-reactive ketones (excluding diaryl/α,β-unsaturated/α-hetero) is 1. The fourth-order valence-corrected chi connectivity index (χ4v) is 4.94. The largest absolute Gasteiger partial charge is 0.382 e. The third-order valence-corrected chi connectivity index (χ3v) is 6.65. The third kappa shape index (κ3) is 4.02. The van der Waals surface area contributed by atoms with E-state index in [-0.39, 0.29) is 5.92 Å². The SMILES string of the molecule is Nc1nc2ccc(-c3ccccc3C(=O)C3CCCCC3)cc2cc1N1CCOCC1. The number of ketones is 1. The molecule has 31 heavy (non-hydrogen) atoms. The Morgan fingerprint density at radius 1 is 1.00 bits per heavy atom. The van der Waals surface area contributed by atoms with E-state index in [2.05, 4.69) is 34.1 Å². The van der Waals surface area contributed by atoms with Gasteiger partial charge in [0.05, 0.1) is 24.4 Å². The van der Waals surface area contributed by atoms with Crippen LogP contribution in [0.1, 0.15) is 42.5 Å². The minimum Gasteiger partial charge on any atom is -0.382 e. The molecule has 1 aliphatic heterocycles. The number of ether oxygens (including phenoxy) is 1. The lowest BCUT2D eigenvalue weighted by Gasteiger charge is -2.29. The van der Waals surface area contributed by atoms with Crippen LogP contribution in [0.2, 0.25) is 0 Å². The van der Waals surface area contributed by atoms with Crippen LogP contribution in [-0.4, -0.2) is 37.1 Å². The summed E-state index contributed by atoms with van der Waals surface area (Å²) in [6.45, 7) is 3.04. The van der Waals surface area contributed by atoms with Crippen molar-refractivity contribution in [1.82, 2.24) is 4.98 Å². The molecule has 3 aromatic rings. The zero-order chi connectivity index (χ0) is 21.2. The van der Waals surface area contributed by atoms with Gasteiger partial charge < -0.3 is 15.4 Å².